The van der Waals surface area contributed by atoms with Crippen molar-refractivity contribution < 1.29 is 32.4 Å². The Morgan fingerprint density at radius 2 is 1.65 bits per heavy atom. The van der Waals surface area contributed by atoms with Gasteiger partial charge in [0.2, 0.25) is 9.84 Å². The first-order chi connectivity index (χ1) is 19.0. The Morgan fingerprint density at radius 1 is 1.02 bits per heavy atom. The monoisotopic (exact) mass is 599 g/mol. The standard InChI is InChI=1S/C26H15ClFN3O7S2/c27-16-5-1-15(2-6-16)23(32)21-22(14-3-7-17(28)8-4-14)30(25(34)24(21)33)26-29-13-20(39-26)40(37,38)19-11-9-18(10-12-19)31(35)36/h1-13,22,32H/b23-21+. The molecule has 1 aromatic heterocycles. The summed E-state index contributed by atoms with van der Waals surface area (Å²) < 4.78 is 39.8. The van der Waals surface area contributed by atoms with Crippen molar-refractivity contribution in [3.05, 3.63) is 117 Å². The van der Waals surface area contributed by atoms with Crippen LogP contribution in [0.15, 0.2) is 93.7 Å². The number of halogens is 2. The number of aromatic nitrogens is 1. The van der Waals surface area contributed by atoms with E-state index < -0.39 is 44.1 Å². The van der Waals surface area contributed by atoms with Gasteiger partial charge < -0.3 is 5.11 Å². The number of non-ortho nitro benzene ring substituents is 1. The van der Waals surface area contributed by atoms with Gasteiger partial charge in [-0.15, -0.1) is 0 Å². The summed E-state index contributed by atoms with van der Waals surface area (Å²) in [4.78, 5) is 41.5. The van der Waals surface area contributed by atoms with Gasteiger partial charge in [0.1, 0.15) is 15.8 Å². The number of anilines is 1. The van der Waals surface area contributed by atoms with Crippen LogP contribution in [0, 0.1) is 15.9 Å². The maximum absolute atomic E-state index is 13.7. The Balaban J connectivity index is 1.62. The van der Waals surface area contributed by atoms with E-state index in [0.717, 1.165) is 47.5 Å². The number of nitro benzene ring substituents is 1. The van der Waals surface area contributed by atoms with Crippen LogP contribution in [0.25, 0.3) is 5.76 Å². The van der Waals surface area contributed by atoms with Crippen LogP contribution in [-0.2, 0) is 19.4 Å². The molecular formula is C26H15ClFN3O7S2. The number of carbonyl (C=O) groups is 2. The van der Waals surface area contributed by atoms with E-state index in [4.69, 9.17) is 11.6 Å². The molecule has 0 radical (unpaired) electrons. The molecule has 3 aromatic carbocycles. The molecule has 10 nitrogen and oxygen atoms in total. The van der Waals surface area contributed by atoms with Crippen LogP contribution < -0.4 is 4.90 Å². The maximum Gasteiger partial charge on any atom is 0.301 e. The van der Waals surface area contributed by atoms with Gasteiger partial charge in [-0.25, -0.2) is 17.8 Å². The fourth-order valence-electron chi connectivity index (χ4n) is 4.10. The second-order valence-corrected chi connectivity index (χ2v) is 12.1. The highest BCUT2D eigenvalue weighted by Crippen LogP contribution is 2.44. The third-order valence-electron chi connectivity index (χ3n) is 6.05. The molecule has 1 aliphatic heterocycles. The summed E-state index contributed by atoms with van der Waals surface area (Å²) in [5.74, 6) is -3.23. The number of aliphatic hydroxyl groups is 1. The molecule has 1 N–H and O–H groups in total. The van der Waals surface area contributed by atoms with Crippen LogP contribution in [0.3, 0.4) is 0 Å². The Hall–Kier alpha value is -4.46. The van der Waals surface area contributed by atoms with Gasteiger partial charge >= 0.3 is 5.91 Å². The predicted molar refractivity (Wildman–Crippen MR) is 143 cm³/mol. The minimum absolute atomic E-state index is 0.174. The predicted octanol–water partition coefficient (Wildman–Crippen LogP) is 5.30. The SMILES string of the molecule is O=C1C(=O)N(c2ncc(S(=O)(=O)c3ccc([N+](=O)[O-])cc3)s2)C(c2ccc(F)cc2)/C1=C(\O)c1ccc(Cl)cc1. The van der Waals surface area contributed by atoms with E-state index in [-0.39, 0.29) is 36.6 Å². The lowest BCUT2D eigenvalue weighted by Gasteiger charge is -2.23. The molecule has 1 unspecified atom stereocenters. The zero-order valence-electron chi connectivity index (χ0n) is 19.9. The van der Waals surface area contributed by atoms with Crippen molar-refractivity contribution in [3.8, 4) is 0 Å². The minimum Gasteiger partial charge on any atom is -0.507 e. The van der Waals surface area contributed by atoms with Gasteiger partial charge in [0.15, 0.2) is 5.13 Å². The van der Waals surface area contributed by atoms with E-state index in [2.05, 4.69) is 4.98 Å². The Bertz CT molecular complexity index is 1800. The average molecular weight is 600 g/mol. The fourth-order valence-corrected chi connectivity index (χ4v) is 6.78. The van der Waals surface area contributed by atoms with E-state index in [9.17, 15) is 37.6 Å². The summed E-state index contributed by atoms with van der Waals surface area (Å²) in [6.07, 6.45) is 0.997. The van der Waals surface area contributed by atoms with Crippen LogP contribution in [0.2, 0.25) is 5.02 Å². The van der Waals surface area contributed by atoms with Crippen molar-refractivity contribution in [3.63, 3.8) is 0 Å². The van der Waals surface area contributed by atoms with Gasteiger partial charge in [0.25, 0.3) is 11.5 Å². The number of aliphatic hydroxyl groups excluding tert-OH is 1. The molecule has 1 amide bonds. The first-order valence-electron chi connectivity index (χ1n) is 11.3. The lowest BCUT2D eigenvalue weighted by molar-refractivity contribution is -0.384. The third-order valence-corrected chi connectivity index (χ3v) is 9.53. The molecule has 0 bridgehead atoms. The molecule has 1 atom stereocenters. The molecule has 1 fully saturated rings. The molecule has 0 aliphatic carbocycles. The number of hydrogen-bond donors (Lipinski definition) is 1. The molecule has 4 aromatic rings. The number of nitrogens with zero attached hydrogens (tertiary/aromatic N) is 3. The normalized spacial score (nSPS) is 16.9. The minimum atomic E-state index is -4.20. The zero-order valence-corrected chi connectivity index (χ0v) is 22.3. The second-order valence-electron chi connectivity index (χ2n) is 8.44. The van der Waals surface area contributed by atoms with Crippen LogP contribution in [0.4, 0.5) is 15.2 Å². The Morgan fingerprint density at radius 3 is 2.25 bits per heavy atom. The van der Waals surface area contributed by atoms with Crippen LogP contribution in [0.5, 0.6) is 0 Å². The summed E-state index contributed by atoms with van der Waals surface area (Å²) in [5, 5.41) is 22.2. The number of sulfone groups is 1. The number of carbonyl (C=O) groups excluding carboxylic acids is 2. The number of amides is 1. The van der Waals surface area contributed by atoms with Crippen molar-refractivity contribution in [2.24, 2.45) is 0 Å². The van der Waals surface area contributed by atoms with E-state index in [0.29, 0.717) is 16.4 Å². The molecule has 40 heavy (non-hydrogen) atoms. The lowest BCUT2D eigenvalue weighted by atomic mass is 9.95. The number of ketones is 1. The number of Topliss-reactive ketones (excluding diaryl/α,β-unsaturated/α-hetero) is 1. The van der Waals surface area contributed by atoms with Crippen molar-refractivity contribution in [2.75, 3.05) is 4.90 Å². The highest BCUT2D eigenvalue weighted by atomic mass is 35.5. The Labute approximate surface area is 234 Å². The van der Waals surface area contributed by atoms with E-state index >= 15 is 0 Å². The first-order valence-corrected chi connectivity index (χ1v) is 13.9. The largest absolute Gasteiger partial charge is 0.507 e. The van der Waals surface area contributed by atoms with E-state index in [1.165, 1.54) is 36.4 Å². The molecule has 1 aliphatic rings. The van der Waals surface area contributed by atoms with Crippen LogP contribution >= 0.6 is 22.9 Å². The van der Waals surface area contributed by atoms with Crippen molar-refractivity contribution in [1.82, 2.24) is 4.98 Å². The maximum atomic E-state index is 13.7. The van der Waals surface area contributed by atoms with Gasteiger partial charge in [0, 0.05) is 22.7 Å². The van der Waals surface area contributed by atoms with Gasteiger partial charge in [-0.2, -0.15) is 0 Å². The Kier molecular flexibility index (Phi) is 6.96. The zero-order chi connectivity index (χ0) is 28.8. The van der Waals surface area contributed by atoms with Crippen molar-refractivity contribution >= 4 is 61.0 Å². The topological polar surface area (TPSA) is 148 Å². The molecule has 14 heteroatoms. The lowest BCUT2D eigenvalue weighted by Crippen LogP contribution is -2.29. The smallest absolute Gasteiger partial charge is 0.301 e. The number of hydrogen-bond acceptors (Lipinski definition) is 9. The summed E-state index contributed by atoms with van der Waals surface area (Å²) in [6, 6.07) is 13.7. The second kappa shape index (κ2) is 10.3. The number of nitro groups is 1. The summed E-state index contributed by atoms with van der Waals surface area (Å²) in [6.45, 7) is 0. The van der Waals surface area contributed by atoms with Crippen LogP contribution in [-0.4, -0.2) is 35.1 Å². The first kappa shape index (κ1) is 27.1. The quantitative estimate of drug-likeness (QED) is 0.103. The van der Waals surface area contributed by atoms with Gasteiger partial charge in [-0.1, -0.05) is 35.1 Å². The van der Waals surface area contributed by atoms with Gasteiger partial charge in [-0.3, -0.25) is 24.6 Å². The van der Waals surface area contributed by atoms with Crippen molar-refractivity contribution in [2.45, 2.75) is 15.1 Å². The summed E-state index contributed by atoms with van der Waals surface area (Å²) in [7, 11) is -4.20. The summed E-state index contributed by atoms with van der Waals surface area (Å²) >= 11 is 6.51. The molecule has 5 rings (SSSR count). The molecule has 1 saturated heterocycles. The molecule has 0 saturated carbocycles. The van der Waals surface area contributed by atoms with Gasteiger partial charge in [0.05, 0.1) is 27.6 Å². The third kappa shape index (κ3) is 4.74. The summed E-state index contributed by atoms with van der Waals surface area (Å²) in [5.41, 5.74) is -0.165. The molecule has 0 spiro atoms. The van der Waals surface area contributed by atoms with E-state index in [1.54, 1.807) is 0 Å². The number of rotatable bonds is 6. The van der Waals surface area contributed by atoms with E-state index in [1.807, 2.05) is 0 Å². The van der Waals surface area contributed by atoms with Gasteiger partial charge in [-0.05, 0) is 54.1 Å². The number of thiazole rings is 1. The van der Waals surface area contributed by atoms with Crippen molar-refractivity contribution in [1.29, 1.82) is 0 Å². The van der Waals surface area contributed by atoms with Crippen LogP contribution in [0.1, 0.15) is 17.2 Å². The molecular weight excluding hydrogens is 585 g/mol. The molecule has 202 valence electrons. The highest BCUT2D eigenvalue weighted by Gasteiger charge is 2.48. The fraction of sp³-hybridized carbons (Fsp3) is 0.0385. The highest BCUT2D eigenvalue weighted by molar-refractivity contribution is 7.93. The average Bonchev–Trinajstić information content (AvgIpc) is 3.53. The number of benzene rings is 3. The molecule has 2 heterocycles.